The Balaban J connectivity index is 0.00000243. The number of piperidine rings is 1. The number of halogens is 1. The van der Waals surface area contributed by atoms with Crippen molar-refractivity contribution in [3.8, 4) is 0 Å². The quantitative estimate of drug-likeness (QED) is 0.382. The van der Waals surface area contributed by atoms with Gasteiger partial charge in [0.2, 0.25) is 5.91 Å². The average Bonchev–Trinajstić information content (AvgIpc) is 3.45. The fraction of sp³-hybridized carbons (Fsp3) is 0.600. The van der Waals surface area contributed by atoms with E-state index in [-0.39, 0.29) is 36.4 Å². The molecule has 144 valence electrons. The summed E-state index contributed by atoms with van der Waals surface area (Å²) in [6.45, 7) is 4.82. The summed E-state index contributed by atoms with van der Waals surface area (Å²) in [4.78, 5) is 18.9. The van der Waals surface area contributed by atoms with Crippen LogP contribution < -0.4 is 10.6 Å². The fourth-order valence-electron chi connectivity index (χ4n) is 3.32. The first kappa shape index (κ1) is 21.0. The zero-order chi connectivity index (χ0) is 17.5. The van der Waals surface area contributed by atoms with Crippen LogP contribution in [0.5, 0.6) is 0 Å². The van der Waals surface area contributed by atoms with E-state index in [1.54, 1.807) is 0 Å². The SMILES string of the molecule is CCNC(=NCC(=O)N1CCC(Cc2ccccc2)CC1)NC1CC1.I. The molecule has 1 amide bonds. The molecule has 1 saturated carbocycles. The molecular formula is C20H31IN4O. The monoisotopic (exact) mass is 470 g/mol. The number of hydrogen-bond acceptors (Lipinski definition) is 2. The molecule has 5 nitrogen and oxygen atoms in total. The van der Waals surface area contributed by atoms with Crippen molar-refractivity contribution in [3.63, 3.8) is 0 Å². The van der Waals surface area contributed by atoms with Crippen LogP contribution in [0.25, 0.3) is 0 Å². The van der Waals surface area contributed by atoms with E-state index in [4.69, 9.17) is 0 Å². The van der Waals surface area contributed by atoms with Crippen molar-refractivity contribution in [2.24, 2.45) is 10.9 Å². The third-order valence-electron chi connectivity index (χ3n) is 4.97. The Bertz CT molecular complexity index is 581. The highest BCUT2D eigenvalue weighted by Crippen LogP contribution is 2.22. The summed E-state index contributed by atoms with van der Waals surface area (Å²) in [5.41, 5.74) is 1.40. The van der Waals surface area contributed by atoms with Gasteiger partial charge in [0.1, 0.15) is 6.54 Å². The highest BCUT2D eigenvalue weighted by molar-refractivity contribution is 14.0. The molecule has 6 heteroatoms. The lowest BCUT2D eigenvalue weighted by Crippen LogP contribution is -2.42. The second-order valence-corrected chi connectivity index (χ2v) is 7.13. The molecule has 2 aliphatic rings. The first-order chi connectivity index (χ1) is 12.2. The number of amides is 1. The summed E-state index contributed by atoms with van der Waals surface area (Å²) in [7, 11) is 0. The van der Waals surface area contributed by atoms with Gasteiger partial charge in [0.05, 0.1) is 0 Å². The average molecular weight is 470 g/mol. The Labute approximate surface area is 174 Å². The molecule has 2 N–H and O–H groups in total. The van der Waals surface area contributed by atoms with E-state index < -0.39 is 0 Å². The van der Waals surface area contributed by atoms with Crippen molar-refractivity contribution >= 4 is 35.8 Å². The summed E-state index contributed by atoms with van der Waals surface area (Å²) in [6.07, 6.45) is 5.70. The molecule has 0 atom stereocenters. The van der Waals surface area contributed by atoms with Gasteiger partial charge >= 0.3 is 0 Å². The van der Waals surface area contributed by atoms with E-state index in [0.29, 0.717) is 12.0 Å². The molecule has 2 fully saturated rings. The van der Waals surface area contributed by atoms with Crippen LogP contribution in [0.3, 0.4) is 0 Å². The second-order valence-electron chi connectivity index (χ2n) is 7.13. The van der Waals surface area contributed by atoms with Crippen LogP contribution in [-0.2, 0) is 11.2 Å². The number of nitrogens with zero attached hydrogens (tertiary/aromatic N) is 2. The fourth-order valence-corrected chi connectivity index (χ4v) is 3.32. The lowest BCUT2D eigenvalue weighted by molar-refractivity contribution is -0.130. The van der Waals surface area contributed by atoms with E-state index in [0.717, 1.165) is 44.9 Å². The predicted octanol–water partition coefficient (Wildman–Crippen LogP) is 2.80. The predicted molar refractivity (Wildman–Crippen MR) is 117 cm³/mol. The zero-order valence-corrected chi connectivity index (χ0v) is 17.9. The standard InChI is InChI=1S/C20H30N4O.HI/c1-2-21-20(23-18-8-9-18)22-15-19(25)24-12-10-17(11-13-24)14-16-6-4-3-5-7-16;/h3-7,17-18H,2,8-15H2,1H3,(H2,21,22,23);1H. The molecule has 3 rings (SSSR count). The van der Waals surface area contributed by atoms with E-state index in [9.17, 15) is 4.79 Å². The number of carbonyl (C=O) groups excluding carboxylic acids is 1. The number of guanidine groups is 1. The summed E-state index contributed by atoms with van der Waals surface area (Å²) in [5.74, 6) is 1.60. The van der Waals surface area contributed by atoms with Crippen LogP contribution in [0.1, 0.15) is 38.2 Å². The zero-order valence-electron chi connectivity index (χ0n) is 15.6. The Morgan fingerprint density at radius 2 is 1.85 bits per heavy atom. The van der Waals surface area contributed by atoms with Gasteiger partial charge in [-0.2, -0.15) is 0 Å². The van der Waals surface area contributed by atoms with Crippen molar-refractivity contribution < 1.29 is 4.79 Å². The van der Waals surface area contributed by atoms with Crippen LogP contribution in [0.15, 0.2) is 35.3 Å². The Kier molecular flexibility index (Phi) is 8.68. The first-order valence-corrected chi connectivity index (χ1v) is 9.61. The van der Waals surface area contributed by atoms with Crippen molar-refractivity contribution in [2.45, 2.75) is 45.1 Å². The highest BCUT2D eigenvalue weighted by Gasteiger charge is 2.24. The lowest BCUT2D eigenvalue weighted by Gasteiger charge is -2.32. The van der Waals surface area contributed by atoms with E-state index in [1.807, 2.05) is 11.8 Å². The van der Waals surface area contributed by atoms with Gasteiger partial charge < -0.3 is 15.5 Å². The van der Waals surface area contributed by atoms with Crippen LogP contribution >= 0.6 is 24.0 Å². The van der Waals surface area contributed by atoms with Crippen LogP contribution in [0.2, 0.25) is 0 Å². The maximum Gasteiger partial charge on any atom is 0.244 e. The third kappa shape index (κ3) is 6.78. The minimum Gasteiger partial charge on any atom is -0.357 e. The first-order valence-electron chi connectivity index (χ1n) is 9.61. The maximum atomic E-state index is 12.4. The van der Waals surface area contributed by atoms with Gasteiger partial charge in [-0.1, -0.05) is 30.3 Å². The summed E-state index contributed by atoms with van der Waals surface area (Å²) < 4.78 is 0. The number of likely N-dealkylation sites (tertiary alicyclic amines) is 1. The number of rotatable bonds is 6. The third-order valence-corrected chi connectivity index (χ3v) is 4.97. The molecule has 1 aromatic rings. The molecule has 0 radical (unpaired) electrons. The minimum atomic E-state index is 0. The molecule has 1 aromatic carbocycles. The number of nitrogens with one attached hydrogen (secondary N) is 2. The van der Waals surface area contributed by atoms with Gasteiger partial charge in [0, 0.05) is 25.7 Å². The van der Waals surface area contributed by atoms with Gasteiger partial charge in [-0.3, -0.25) is 4.79 Å². The smallest absolute Gasteiger partial charge is 0.244 e. The lowest BCUT2D eigenvalue weighted by atomic mass is 9.90. The molecule has 1 saturated heterocycles. The summed E-state index contributed by atoms with van der Waals surface area (Å²) in [6, 6.07) is 11.2. The minimum absolute atomic E-state index is 0. The number of aliphatic imine (C=N–C) groups is 1. The topological polar surface area (TPSA) is 56.7 Å². The van der Waals surface area contributed by atoms with Gasteiger partial charge in [-0.15, -0.1) is 24.0 Å². The largest absolute Gasteiger partial charge is 0.357 e. The number of carbonyl (C=O) groups is 1. The van der Waals surface area contributed by atoms with E-state index >= 15 is 0 Å². The Morgan fingerprint density at radius 3 is 2.46 bits per heavy atom. The molecule has 1 aliphatic heterocycles. The molecule has 26 heavy (non-hydrogen) atoms. The van der Waals surface area contributed by atoms with Crippen molar-refractivity contribution in [3.05, 3.63) is 35.9 Å². The Hall–Kier alpha value is -1.31. The summed E-state index contributed by atoms with van der Waals surface area (Å²) in [5, 5.41) is 6.57. The normalized spacial score (nSPS) is 18.2. The molecule has 0 bridgehead atoms. The molecule has 1 aliphatic carbocycles. The van der Waals surface area contributed by atoms with E-state index in [1.165, 1.54) is 18.4 Å². The van der Waals surface area contributed by atoms with Crippen LogP contribution in [0.4, 0.5) is 0 Å². The van der Waals surface area contributed by atoms with Gasteiger partial charge in [-0.25, -0.2) is 4.99 Å². The number of benzene rings is 1. The van der Waals surface area contributed by atoms with Crippen molar-refractivity contribution in [1.82, 2.24) is 15.5 Å². The van der Waals surface area contributed by atoms with Crippen LogP contribution in [0, 0.1) is 5.92 Å². The van der Waals surface area contributed by atoms with Gasteiger partial charge in [-0.05, 0) is 50.5 Å². The van der Waals surface area contributed by atoms with Crippen molar-refractivity contribution in [2.75, 3.05) is 26.2 Å². The van der Waals surface area contributed by atoms with E-state index in [2.05, 4.69) is 46.0 Å². The van der Waals surface area contributed by atoms with Crippen molar-refractivity contribution in [1.29, 1.82) is 0 Å². The molecular weight excluding hydrogens is 439 g/mol. The van der Waals surface area contributed by atoms with Gasteiger partial charge in [0.25, 0.3) is 0 Å². The molecule has 0 aromatic heterocycles. The molecule has 0 spiro atoms. The highest BCUT2D eigenvalue weighted by atomic mass is 127. The Morgan fingerprint density at radius 1 is 1.15 bits per heavy atom. The summed E-state index contributed by atoms with van der Waals surface area (Å²) >= 11 is 0. The van der Waals surface area contributed by atoms with Crippen LogP contribution in [-0.4, -0.2) is 49.0 Å². The maximum absolute atomic E-state index is 12.4. The van der Waals surface area contributed by atoms with Gasteiger partial charge in [0.15, 0.2) is 5.96 Å². The number of hydrogen-bond donors (Lipinski definition) is 2. The molecule has 1 heterocycles. The molecule has 0 unspecified atom stereocenters. The second kappa shape index (κ2) is 10.7.